The lowest BCUT2D eigenvalue weighted by atomic mass is 10.00. The number of amides is 1. The molecule has 20 heavy (non-hydrogen) atoms. The zero-order chi connectivity index (χ0) is 14.4. The second kappa shape index (κ2) is 7.44. The quantitative estimate of drug-likeness (QED) is 0.892. The third-order valence-corrected chi connectivity index (χ3v) is 4.24. The first-order valence-corrected chi connectivity index (χ1v) is 7.86. The molecular formula is C17H26N2O. The van der Waals surface area contributed by atoms with Gasteiger partial charge in [-0.1, -0.05) is 38.5 Å². The Kier molecular flexibility index (Phi) is 5.60. The van der Waals surface area contributed by atoms with E-state index in [1.54, 1.807) is 0 Å². The monoisotopic (exact) mass is 274 g/mol. The third kappa shape index (κ3) is 3.83. The van der Waals surface area contributed by atoms with Crippen molar-refractivity contribution in [1.29, 1.82) is 0 Å². The number of carbonyl (C=O) groups excluding carboxylic acids is 1. The maximum absolute atomic E-state index is 12.3. The summed E-state index contributed by atoms with van der Waals surface area (Å²) in [6.07, 6.45) is 5.83. The number of anilines is 1. The number of hydrogen-bond acceptors (Lipinski definition) is 2. The number of rotatable bonds is 5. The fourth-order valence-corrected chi connectivity index (χ4v) is 3.06. The first kappa shape index (κ1) is 15.0. The number of para-hydroxylation sites is 1. The highest BCUT2D eigenvalue weighted by Crippen LogP contribution is 2.20. The number of nitrogens with one attached hydrogen (secondary N) is 1. The lowest BCUT2D eigenvalue weighted by Gasteiger charge is -2.34. The van der Waals surface area contributed by atoms with Gasteiger partial charge in [-0.05, 0) is 43.9 Å². The number of benzene rings is 1. The standard InChI is InChI=1S/C17H26N2O/c1-3-14-9-5-6-11-16(14)18-17(20)13-19-12-8-7-10-15(19)4-2/h5-6,9,11,15H,3-4,7-8,10,12-13H2,1-2H3,(H,18,20). The molecule has 0 aromatic heterocycles. The van der Waals surface area contributed by atoms with Gasteiger partial charge in [0.05, 0.1) is 6.54 Å². The predicted octanol–water partition coefficient (Wildman–Crippen LogP) is 3.45. The third-order valence-electron chi connectivity index (χ3n) is 4.24. The van der Waals surface area contributed by atoms with Crippen LogP contribution in [0.4, 0.5) is 5.69 Å². The van der Waals surface area contributed by atoms with Gasteiger partial charge >= 0.3 is 0 Å². The van der Waals surface area contributed by atoms with Crippen LogP contribution in [0.1, 0.15) is 45.1 Å². The first-order valence-electron chi connectivity index (χ1n) is 7.86. The summed E-state index contributed by atoms with van der Waals surface area (Å²) in [5.74, 6) is 0.117. The molecule has 110 valence electrons. The molecular weight excluding hydrogens is 248 g/mol. The lowest BCUT2D eigenvalue weighted by Crippen LogP contribution is -2.43. The zero-order valence-electron chi connectivity index (χ0n) is 12.7. The van der Waals surface area contributed by atoms with Crippen molar-refractivity contribution in [1.82, 2.24) is 4.90 Å². The Balaban J connectivity index is 1.94. The van der Waals surface area contributed by atoms with Crippen LogP contribution in [0.2, 0.25) is 0 Å². The van der Waals surface area contributed by atoms with Gasteiger partial charge in [0.15, 0.2) is 0 Å². The fraction of sp³-hybridized carbons (Fsp3) is 0.588. The second-order valence-electron chi connectivity index (χ2n) is 5.59. The minimum absolute atomic E-state index is 0.117. The second-order valence-corrected chi connectivity index (χ2v) is 5.59. The Bertz CT molecular complexity index is 444. The number of aryl methyl sites for hydroxylation is 1. The van der Waals surface area contributed by atoms with E-state index < -0.39 is 0 Å². The fourth-order valence-electron chi connectivity index (χ4n) is 3.06. The number of carbonyl (C=O) groups is 1. The summed E-state index contributed by atoms with van der Waals surface area (Å²) in [5.41, 5.74) is 2.16. The molecule has 1 aliphatic heterocycles. The number of piperidine rings is 1. The van der Waals surface area contributed by atoms with E-state index in [2.05, 4.69) is 30.1 Å². The zero-order valence-corrected chi connectivity index (χ0v) is 12.7. The number of hydrogen-bond donors (Lipinski definition) is 1. The van der Waals surface area contributed by atoms with Crippen LogP contribution in [0.25, 0.3) is 0 Å². The SMILES string of the molecule is CCc1ccccc1NC(=O)CN1CCCCC1CC. The van der Waals surface area contributed by atoms with Crippen LogP contribution in [-0.2, 0) is 11.2 Å². The van der Waals surface area contributed by atoms with E-state index in [1.165, 1.54) is 24.8 Å². The van der Waals surface area contributed by atoms with Crippen LogP contribution in [-0.4, -0.2) is 29.9 Å². The molecule has 1 saturated heterocycles. The van der Waals surface area contributed by atoms with Crippen molar-refractivity contribution in [3.63, 3.8) is 0 Å². The Hall–Kier alpha value is -1.35. The summed E-state index contributed by atoms with van der Waals surface area (Å²) >= 11 is 0. The van der Waals surface area contributed by atoms with Gasteiger partial charge < -0.3 is 5.32 Å². The van der Waals surface area contributed by atoms with Gasteiger partial charge in [-0.25, -0.2) is 0 Å². The van der Waals surface area contributed by atoms with Crippen molar-refractivity contribution in [2.24, 2.45) is 0 Å². The summed E-state index contributed by atoms with van der Waals surface area (Å²) < 4.78 is 0. The Morgan fingerprint density at radius 3 is 2.85 bits per heavy atom. The summed E-state index contributed by atoms with van der Waals surface area (Å²) in [4.78, 5) is 14.6. The summed E-state index contributed by atoms with van der Waals surface area (Å²) in [6.45, 7) is 5.91. The van der Waals surface area contributed by atoms with Crippen molar-refractivity contribution in [2.45, 2.75) is 52.0 Å². The van der Waals surface area contributed by atoms with Gasteiger partial charge in [-0.3, -0.25) is 9.69 Å². The molecule has 1 atom stereocenters. The molecule has 1 aliphatic rings. The molecule has 1 aromatic rings. The highest BCUT2D eigenvalue weighted by atomic mass is 16.2. The van der Waals surface area contributed by atoms with Gasteiger partial charge in [0.2, 0.25) is 5.91 Å². The molecule has 0 bridgehead atoms. The van der Waals surface area contributed by atoms with Crippen molar-refractivity contribution in [3.8, 4) is 0 Å². The Morgan fingerprint density at radius 2 is 2.10 bits per heavy atom. The van der Waals surface area contributed by atoms with E-state index in [0.29, 0.717) is 12.6 Å². The first-order chi connectivity index (χ1) is 9.74. The van der Waals surface area contributed by atoms with Crippen molar-refractivity contribution < 1.29 is 4.79 Å². The summed E-state index contributed by atoms with van der Waals surface area (Å²) in [6, 6.07) is 8.64. The van der Waals surface area contributed by atoms with Gasteiger partial charge in [-0.2, -0.15) is 0 Å². The van der Waals surface area contributed by atoms with Gasteiger partial charge in [-0.15, -0.1) is 0 Å². The van der Waals surface area contributed by atoms with E-state index in [0.717, 1.165) is 25.1 Å². The van der Waals surface area contributed by atoms with Crippen LogP contribution >= 0.6 is 0 Å². The largest absolute Gasteiger partial charge is 0.325 e. The molecule has 1 heterocycles. The van der Waals surface area contributed by atoms with E-state index in [1.807, 2.05) is 18.2 Å². The van der Waals surface area contributed by atoms with Crippen LogP contribution < -0.4 is 5.32 Å². The topological polar surface area (TPSA) is 32.3 Å². The molecule has 2 rings (SSSR count). The average molecular weight is 274 g/mol. The van der Waals surface area contributed by atoms with Crippen molar-refractivity contribution in [2.75, 3.05) is 18.4 Å². The molecule has 1 fully saturated rings. The Morgan fingerprint density at radius 1 is 1.30 bits per heavy atom. The smallest absolute Gasteiger partial charge is 0.238 e. The van der Waals surface area contributed by atoms with E-state index in [9.17, 15) is 4.79 Å². The highest BCUT2D eigenvalue weighted by Gasteiger charge is 2.22. The number of nitrogens with zero attached hydrogens (tertiary/aromatic N) is 1. The summed E-state index contributed by atoms with van der Waals surface area (Å²) in [7, 11) is 0. The molecule has 0 spiro atoms. The summed E-state index contributed by atoms with van der Waals surface area (Å²) in [5, 5.41) is 3.07. The van der Waals surface area contributed by atoms with E-state index in [-0.39, 0.29) is 5.91 Å². The Labute approximate surface area is 122 Å². The molecule has 1 amide bonds. The van der Waals surface area contributed by atoms with Crippen LogP contribution in [0.3, 0.4) is 0 Å². The van der Waals surface area contributed by atoms with Crippen LogP contribution in [0, 0.1) is 0 Å². The van der Waals surface area contributed by atoms with Crippen molar-refractivity contribution >= 4 is 11.6 Å². The minimum Gasteiger partial charge on any atom is -0.325 e. The van der Waals surface area contributed by atoms with Crippen molar-refractivity contribution in [3.05, 3.63) is 29.8 Å². The van der Waals surface area contributed by atoms with Gasteiger partial charge in [0, 0.05) is 11.7 Å². The molecule has 1 aromatic carbocycles. The van der Waals surface area contributed by atoms with Crippen LogP contribution in [0.15, 0.2) is 24.3 Å². The molecule has 3 nitrogen and oxygen atoms in total. The van der Waals surface area contributed by atoms with Crippen LogP contribution in [0.5, 0.6) is 0 Å². The average Bonchev–Trinajstić information content (AvgIpc) is 2.48. The number of likely N-dealkylation sites (tertiary alicyclic amines) is 1. The molecule has 3 heteroatoms. The maximum Gasteiger partial charge on any atom is 0.238 e. The molecule has 0 saturated carbocycles. The van der Waals surface area contributed by atoms with E-state index >= 15 is 0 Å². The molecule has 0 aliphatic carbocycles. The van der Waals surface area contributed by atoms with Gasteiger partial charge in [0.1, 0.15) is 0 Å². The minimum atomic E-state index is 0.117. The normalized spacial score (nSPS) is 19.8. The lowest BCUT2D eigenvalue weighted by molar-refractivity contribution is -0.118. The highest BCUT2D eigenvalue weighted by molar-refractivity contribution is 5.93. The predicted molar refractivity (Wildman–Crippen MR) is 84.0 cm³/mol. The molecule has 0 radical (unpaired) electrons. The molecule has 1 unspecified atom stereocenters. The van der Waals surface area contributed by atoms with E-state index in [4.69, 9.17) is 0 Å². The molecule has 1 N–H and O–H groups in total. The maximum atomic E-state index is 12.3. The van der Waals surface area contributed by atoms with Gasteiger partial charge in [0.25, 0.3) is 0 Å².